The van der Waals surface area contributed by atoms with Crippen molar-refractivity contribution in [3.05, 3.63) is 29.8 Å². The van der Waals surface area contributed by atoms with Crippen molar-refractivity contribution in [2.45, 2.75) is 39.7 Å². The van der Waals surface area contributed by atoms with Crippen LogP contribution in [0.15, 0.2) is 24.3 Å². The summed E-state index contributed by atoms with van der Waals surface area (Å²) in [6.07, 6.45) is 2.50. The summed E-state index contributed by atoms with van der Waals surface area (Å²) in [5.41, 5.74) is 2.87. The Labute approximate surface area is 111 Å². The fourth-order valence-corrected chi connectivity index (χ4v) is 2.64. The molecule has 1 aliphatic heterocycles. The molecule has 1 unspecified atom stereocenters. The minimum atomic E-state index is 0.446. The van der Waals surface area contributed by atoms with E-state index in [-0.39, 0.29) is 0 Å². The van der Waals surface area contributed by atoms with Crippen LogP contribution in [0.25, 0.3) is 0 Å². The van der Waals surface area contributed by atoms with Crippen LogP contribution in [0, 0.1) is 5.92 Å². The molecular weight excluding hydrogens is 220 g/mol. The smallest absolute Gasteiger partial charge is 0.0414 e. The van der Waals surface area contributed by atoms with Gasteiger partial charge in [-0.2, -0.15) is 0 Å². The minimum Gasteiger partial charge on any atom is -0.371 e. The van der Waals surface area contributed by atoms with Gasteiger partial charge in [-0.3, -0.25) is 0 Å². The summed E-state index contributed by atoms with van der Waals surface area (Å²) < 4.78 is 0. The van der Waals surface area contributed by atoms with Crippen LogP contribution in [0.1, 0.15) is 45.2 Å². The zero-order valence-electron chi connectivity index (χ0n) is 11.9. The van der Waals surface area contributed by atoms with E-state index in [9.17, 15) is 0 Å². The molecule has 1 fully saturated rings. The Kier molecular flexibility index (Phi) is 4.65. The van der Waals surface area contributed by atoms with Gasteiger partial charge in [-0.1, -0.05) is 32.0 Å². The molecule has 1 heterocycles. The molecule has 100 valence electrons. The lowest BCUT2D eigenvalue weighted by atomic mass is 9.94. The maximum atomic E-state index is 3.59. The first-order chi connectivity index (χ1) is 8.76. The molecule has 0 spiro atoms. The molecule has 1 aromatic carbocycles. The monoisotopic (exact) mass is 246 g/mol. The summed E-state index contributed by atoms with van der Waals surface area (Å²) in [4.78, 5) is 2.52. The van der Waals surface area contributed by atoms with Gasteiger partial charge in [0.25, 0.3) is 0 Å². The van der Waals surface area contributed by atoms with E-state index in [4.69, 9.17) is 0 Å². The van der Waals surface area contributed by atoms with E-state index in [1.54, 1.807) is 0 Å². The fraction of sp³-hybridized carbons (Fsp3) is 0.625. The highest BCUT2D eigenvalue weighted by Crippen LogP contribution is 2.32. The second kappa shape index (κ2) is 6.24. The Hall–Kier alpha value is -1.02. The van der Waals surface area contributed by atoms with Crippen molar-refractivity contribution in [1.29, 1.82) is 0 Å². The van der Waals surface area contributed by atoms with Crippen LogP contribution in [0.4, 0.5) is 5.69 Å². The molecule has 1 atom stereocenters. The van der Waals surface area contributed by atoms with Crippen LogP contribution in [0.2, 0.25) is 0 Å². The largest absolute Gasteiger partial charge is 0.371 e. The first-order valence-corrected chi connectivity index (χ1v) is 7.33. The van der Waals surface area contributed by atoms with Gasteiger partial charge in [-0.15, -0.1) is 0 Å². The van der Waals surface area contributed by atoms with Crippen molar-refractivity contribution in [3.63, 3.8) is 0 Å². The van der Waals surface area contributed by atoms with Gasteiger partial charge in [-0.25, -0.2) is 0 Å². The quantitative estimate of drug-likeness (QED) is 0.825. The van der Waals surface area contributed by atoms with Crippen LogP contribution >= 0.6 is 0 Å². The summed E-state index contributed by atoms with van der Waals surface area (Å²) in [5.74, 6) is 0.900. The molecule has 0 radical (unpaired) electrons. The van der Waals surface area contributed by atoms with Crippen molar-refractivity contribution in [3.8, 4) is 0 Å². The Bertz CT molecular complexity index is 345. The standard InChI is InChI=1S/C16H26N2/c1-4-10-17-13(3)15-8-6-7-9-16(15)18-11-14(5-2)12-18/h6-9,13-14,17H,4-5,10-12H2,1-3H3. The number of nitrogens with zero attached hydrogens (tertiary/aromatic N) is 1. The van der Waals surface area contributed by atoms with Gasteiger partial charge < -0.3 is 10.2 Å². The summed E-state index contributed by atoms with van der Waals surface area (Å²) in [6.45, 7) is 10.3. The average molecular weight is 246 g/mol. The predicted octanol–water partition coefficient (Wildman–Crippen LogP) is 3.59. The van der Waals surface area contributed by atoms with Gasteiger partial charge in [0.15, 0.2) is 0 Å². The van der Waals surface area contributed by atoms with Gasteiger partial charge >= 0.3 is 0 Å². The lowest BCUT2D eigenvalue weighted by Gasteiger charge is -2.42. The highest BCUT2D eigenvalue weighted by Gasteiger charge is 2.27. The molecule has 18 heavy (non-hydrogen) atoms. The molecule has 0 saturated carbocycles. The highest BCUT2D eigenvalue weighted by molar-refractivity contribution is 5.56. The second-order valence-corrected chi connectivity index (χ2v) is 5.41. The molecule has 2 rings (SSSR count). The maximum Gasteiger partial charge on any atom is 0.0414 e. The summed E-state index contributed by atoms with van der Waals surface area (Å²) in [6, 6.07) is 9.29. The van der Waals surface area contributed by atoms with Crippen LogP contribution in [0.5, 0.6) is 0 Å². The number of benzene rings is 1. The van der Waals surface area contributed by atoms with E-state index in [0.717, 1.165) is 12.5 Å². The Morgan fingerprint density at radius 2 is 2.00 bits per heavy atom. The zero-order valence-corrected chi connectivity index (χ0v) is 11.9. The molecular formula is C16H26N2. The number of hydrogen-bond donors (Lipinski definition) is 1. The van der Waals surface area contributed by atoms with E-state index in [2.05, 4.69) is 55.3 Å². The summed E-state index contributed by atoms with van der Waals surface area (Å²) in [5, 5.41) is 3.59. The van der Waals surface area contributed by atoms with Gasteiger partial charge in [0.2, 0.25) is 0 Å². The first-order valence-electron chi connectivity index (χ1n) is 7.33. The third kappa shape index (κ3) is 2.86. The Morgan fingerprint density at radius 1 is 1.28 bits per heavy atom. The fourth-order valence-electron chi connectivity index (χ4n) is 2.64. The number of nitrogens with one attached hydrogen (secondary N) is 1. The average Bonchev–Trinajstić information content (AvgIpc) is 2.35. The Morgan fingerprint density at radius 3 is 2.67 bits per heavy atom. The zero-order chi connectivity index (χ0) is 13.0. The lowest BCUT2D eigenvalue weighted by Crippen LogP contribution is -2.47. The molecule has 0 amide bonds. The molecule has 0 aromatic heterocycles. The normalized spacial score (nSPS) is 17.6. The molecule has 0 aliphatic carbocycles. The molecule has 1 N–H and O–H groups in total. The number of para-hydroxylation sites is 1. The van der Waals surface area contributed by atoms with Gasteiger partial charge in [0.05, 0.1) is 0 Å². The van der Waals surface area contributed by atoms with Gasteiger partial charge in [0, 0.05) is 24.8 Å². The van der Waals surface area contributed by atoms with Crippen molar-refractivity contribution in [1.82, 2.24) is 5.32 Å². The van der Waals surface area contributed by atoms with Crippen LogP contribution in [-0.4, -0.2) is 19.6 Å². The summed E-state index contributed by atoms with van der Waals surface area (Å²) >= 11 is 0. The van der Waals surface area contributed by atoms with Crippen LogP contribution in [-0.2, 0) is 0 Å². The van der Waals surface area contributed by atoms with E-state index < -0.39 is 0 Å². The van der Waals surface area contributed by atoms with E-state index in [1.807, 2.05) is 0 Å². The van der Waals surface area contributed by atoms with E-state index in [0.29, 0.717) is 6.04 Å². The molecule has 2 nitrogen and oxygen atoms in total. The third-order valence-corrected chi connectivity index (χ3v) is 3.98. The number of rotatable bonds is 6. The molecule has 0 bridgehead atoms. The molecule has 2 heteroatoms. The van der Waals surface area contributed by atoms with E-state index in [1.165, 1.54) is 37.2 Å². The SMILES string of the molecule is CCCNC(C)c1ccccc1N1CC(CC)C1. The van der Waals surface area contributed by atoms with Crippen molar-refractivity contribution in [2.75, 3.05) is 24.5 Å². The second-order valence-electron chi connectivity index (χ2n) is 5.41. The van der Waals surface area contributed by atoms with E-state index >= 15 is 0 Å². The molecule has 1 aliphatic rings. The van der Waals surface area contributed by atoms with Crippen molar-refractivity contribution in [2.24, 2.45) is 5.92 Å². The number of hydrogen-bond acceptors (Lipinski definition) is 2. The van der Waals surface area contributed by atoms with Crippen molar-refractivity contribution >= 4 is 5.69 Å². The van der Waals surface area contributed by atoms with Crippen LogP contribution < -0.4 is 10.2 Å². The topological polar surface area (TPSA) is 15.3 Å². The third-order valence-electron chi connectivity index (χ3n) is 3.98. The molecule has 1 aromatic rings. The minimum absolute atomic E-state index is 0.446. The van der Waals surface area contributed by atoms with Gasteiger partial charge in [0.1, 0.15) is 0 Å². The first kappa shape index (κ1) is 13.4. The van der Waals surface area contributed by atoms with Crippen molar-refractivity contribution < 1.29 is 0 Å². The summed E-state index contributed by atoms with van der Waals surface area (Å²) in [7, 11) is 0. The number of anilines is 1. The molecule has 1 saturated heterocycles. The lowest BCUT2D eigenvalue weighted by molar-refractivity contribution is 0.396. The predicted molar refractivity (Wildman–Crippen MR) is 79.1 cm³/mol. The Balaban J connectivity index is 2.06. The van der Waals surface area contributed by atoms with Crippen LogP contribution in [0.3, 0.4) is 0 Å². The highest BCUT2D eigenvalue weighted by atomic mass is 15.2. The maximum absolute atomic E-state index is 3.59. The van der Waals surface area contributed by atoms with Gasteiger partial charge in [-0.05, 0) is 43.9 Å².